The number of hydrogen-bond acceptors (Lipinski definition) is 3. The normalized spacial score (nSPS) is 11.7. The molecule has 23 heavy (non-hydrogen) atoms. The second kappa shape index (κ2) is 7.49. The van der Waals surface area contributed by atoms with Crippen molar-refractivity contribution >= 4 is 40.8 Å². The number of carbonyl (C=O) groups is 2. The van der Waals surface area contributed by atoms with E-state index in [1.54, 1.807) is 24.3 Å². The Bertz CT molecular complexity index is 729. The van der Waals surface area contributed by atoms with Crippen LogP contribution >= 0.6 is 23.2 Å². The van der Waals surface area contributed by atoms with Crippen LogP contribution in [0.3, 0.4) is 0 Å². The van der Waals surface area contributed by atoms with E-state index in [1.807, 2.05) is 19.1 Å². The number of benzene rings is 2. The van der Waals surface area contributed by atoms with Gasteiger partial charge in [0.25, 0.3) is 5.91 Å². The monoisotopic (exact) mass is 351 g/mol. The molecule has 0 aliphatic rings. The number of amides is 1. The van der Waals surface area contributed by atoms with Gasteiger partial charge in [-0.3, -0.25) is 4.79 Å². The molecule has 2 aromatic rings. The van der Waals surface area contributed by atoms with Gasteiger partial charge in [0.15, 0.2) is 6.10 Å². The maximum Gasteiger partial charge on any atom is 0.340 e. The molecule has 0 heterocycles. The maximum absolute atomic E-state index is 12.1. The third-order valence-corrected chi connectivity index (χ3v) is 3.96. The first-order chi connectivity index (χ1) is 10.9. The van der Waals surface area contributed by atoms with Gasteiger partial charge in [-0.2, -0.15) is 0 Å². The minimum Gasteiger partial charge on any atom is -0.449 e. The molecule has 6 heteroatoms. The van der Waals surface area contributed by atoms with E-state index in [1.165, 1.54) is 13.0 Å². The molecule has 1 N–H and O–H groups in total. The molecule has 0 saturated heterocycles. The van der Waals surface area contributed by atoms with Crippen LogP contribution in [0.15, 0.2) is 42.5 Å². The fourth-order valence-corrected chi connectivity index (χ4v) is 2.20. The highest BCUT2D eigenvalue weighted by Crippen LogP contribution is 2.26. The van der Waals surface area contributed by atoms with Crippen LogP contribution in [0.4, 0.5) is 5.69 Å². The molecule has 0 unspecified atom stereocenters. The summed E-state index contributed by atoms with van der Waals surface area (Å²) in [5.74, 6) is -1.13. The van der Waals surface area contributed by atoms with Crippen molar-refractivity contribution in [2.24, 2.45) is 0 Å². The Balaban J connectivity index is 2.01. The molecule has 0 bridgehead atoms. The SMILES string of the molecule is Cc1ccc(NC(=O)[C@H](C)OC(=O)c2cccc(Cl)c2Cl)cc1. The van der Waals surface area contributed by atoms with Gasteiger partial charge in [-0.05, 0) is 38.1 Å². The summed E-state index contributed by atoms with van der Waals surface area (Å²) >= 11 is 11.8. The predicted molar refractivity (Wildman–Crippen MR) is 91.1 cm³/mol. The van der Waals surface area contributed by atoms with Gasteiger partial charge < -0.3 is 10.1 Å². The van der Waals surface area contributed by atoms with E-state index >= 15 is 0 Å². The van der Waals surface area contributed by atoms with Crippen LogP contribution in [0.1, 0.15) is 22.8 Å². The molecule has 120 valence electrons. The van der Waals surface area contributed by atoms with Gasteiger partial charge in [-0.15, -0.1) is 0 Å². The smallest absolute Gasteiger partial charge is 0.340 e. The summed E-state index contributed by atoms with van der Waals surface area (Å²) in [6.45, 7) is 3.44. The molecule has 1 amide bonds. The standard InChI is InChI=1S/C17H15Cl2NO3/c1-10-6-8-12(9-7-10)20-16(21)11(2)23-17(22)13-4-3-5-14(18)15(13)19/h3-9,11H,1-2H3,(H,20,21)/t11-/m0/s1. The van der Waals surface area contributed by atoms with Crippen molar-refractivity contribution < 1.29 is 14.3 Å². The van der Waals surface area contributed by atoms with E-state index in [4.69, 9.17) is 27.9 Å². The molecule has 0 aliphatic carbocycles. The van der Waals surface area contributed by atoms with E-state index < -0.39 is 18.0 Å². The highest BCUT2D eigenvalue weighted by atomic mass is 35.5. The molecule has 0 saturated carbocycles. The van der Waals surface area contributed by atoms with Crippen molar-refractivity contribution in [1.82, 2.24) is 0 Å². The predicted octanol–water partition coefficient (Wildman–Crippen LogP) is 4.49. The molecular formula is C17H15Cl2NO3. The zero-order valence-corrected chi connectivity index (χ0v) is 14.1. The largest absolute Gasteiger partial charge is 0.449 e. The Morgan fingerprint density at radius 2 is 1.74 bits per heavy atom. The lowest BCUT2D eigenvalue weighted by molar-refractivity contribution is -0.123. The summed E-state index contributed by atoms with van der Waals surface area (Å²) in [6, 6.07) is 11.9. The number of ether oxygens (including phenoxy) is 1. The van der Waals surface area contributed by atoms with Crippen molar-refractivity contribution in [2.45, 2.75) is 20.0 Å². The average Bonchev–Trinajstić information content (AvgIpc) is 2.52. The van der Waals surface area contributed by atoms with Crippen LogP contribution in [-0.4, -0.2) is 18.0 Å². The maximum atomic E-state index is 12.1. The quantitative estimate of drug-likeness (QED) is 0.825. The van der Waals surface area contributed by atoms with Crippen LogP contribution in [0.25, 0.3) is 0 Å². The zero-order valence-electron chi connectivity index (χ0n) is 12.6. The van der Waals surface area contributed by atoms with Gasteiger partial charge in [0.1, 0.15) is 0 Å². The third kappa shape index (κ3) is 4.47. The van der Waals surface area contributed by atoms with Crippen LogP contribution in [-0.2, 0) is 9.53 Å². The molecule has 0 radical (unpaired) electrons. The Hall–Kier alpha value is -2.04. The molecular weight excluding hydrogens is 337 g/mol. The van der Waals surface area contributed by atoms with Crippen molar-refractivity contribution in [3.05, 3.63) is 63.6 Å². The number of carbonyl (C=O) groups excluding carboxylic acids is 2. The number of aryl methyl sites for hydroxylation is 1. The van der Waals surface area contributed by atoms with Gasteiger partial charge >= 0.3 is 5.97 Å². The van der Waals surface area contributed by atoms with E-state index in [9.17, 15) is 9.59 Å². The molecule has 0 spiro atoms. The second-order valence-electron chi connectivity index (χ2n) is 5.00. The Morgan fingerprint density at radius 1 is 1.09 bits per heavy atom. The summed E-state index contributed by atoms with van der Waals surface area (Å²) in [6.07, 6.45) is -0.973. The topological polar surface area (TPSA) is 55.4 Å². The van der Waals surface area contributed by atoms with Gasteiger partial charge in [0, 0.05) is 5.69 Å². The van der Waals surface area contributed by atoms with Crippen LogP contribution in [0.2, 0.25) is 10.0 Å². The third-order valence-electron chi connectivity index (χ3n) is 3.14. The number of hydrogen-bond donors (Lipinski definition) is 1. The van der Waals surface area contributed by atoms with Crippen molar-refractivity contribution in [3.63, 3.8) is 0 Å². The summed E-state index contributed by atoms with van der Waals surface area (Å²) in [4.78, 5) is 24.2. The van der Waals surface area contributed by atoms with E-state index in [-0.39, 0.29) is 15.6 Å². The van der Waals surface area contributed by atoms with Crippen molar-refractivity contribution in [2.75, 3.05) is 5.32 Å². The van der Waals surface area contributed by atoms with Crippen LogP contribution in [0, 0.1) is 6.92 Å². The lowest BCUT2D eigenvalue weighted by Crippen LogP contribution is -2.30. The Morgan fingerprint density at radius 3 is 2.39 bits per heavy atom. The van der Waals surface area contributed by atoms with E-state index in [0.29, 0.717) is 5.69 Å². The lowest BCUT2D eigenvalue weighted by atomic mass is 10.2. The lowest BCUT2D eigenvalue weighted by Gasteiger charge is -2.14. The first kappa shape index (κ1) is 17.3. The zero-order chi connectivity index (χ0) is 17.0. The first-order valence-electron chi connectivity index (χ1n) is 6.91. The number of esters is 1. The number of nitrogens with one attached hydrogen (secondary N) is 1. The Kier molecular flexibility index (Phi) is 5.64. The highest BCUT2D eigenvalue weighted by Gasteiger charge is 2.21. The summed E-state index contributed by atoms with van der Waals surface area (Å²) < 4.78 is 5.14. The van der Waals surface area contributed by atoms with Gasteiger partial charge in [0.2, 0.25) is 0 Å². The minimum absolute atomic E-state index is 0.102. The average molecular weight is 352 g/mol. The fraction of sp³-hybridized carbons (Fsp3) is 0.176. The van der Waals surface area contributed by atoms with Crippen LogP contribution < -0.4 is 5.32 Å². The summed E-state index contributed by atoms with van der Waals surface area (Å²) in [5, 5.41) is 3.03. The first-order valence-corrected chi connectivity index (χ1v) is 7.66. The molecule has 2 rings (SSSR count). The second-order valence-corrected chi connectivity index (χ2v) is 5.79. The fourth-order valence-electron chi connectivity index (χ4n) is 1.82. The summed E-state index contributed by atoms with van der Waals surface area (Å²) in [5.41, 5.74) is 1.83. The summed E-state index contributed by atoms with van der Waals surface area (Å²) in [7, 11) is 0. The number of anilines is 1. The van der Waals surface area contributed by atoms with Gasteiger partial charge in [-0.1, -0.05) is 47.0 Å². The minimum atomic E-state index is -0.973. The molecule has 2 aromatic carbocycles. The molecule has 0 fully saturated rings. The van der Waals surface area contributed by atoms with Crippen molar-refractivity contribution in [1.29, 1.82) is 0 Å². The molecule has 4 nitrogen and oxygen atoms in total. The van der Waals surface area contributed by atoms with Crippen LogP contribution in [0.5, 0.6) is 0 Å². The molecule has 1 atom stereocenters. The van der Waals surface area contributed by atoms with Gasteiger partial charge in [-0.25, -0.2) is 4.79 Å². The van der Waals surface area contributed by atoms with Gasteiger partial charge in [0.05, 0.1) is 15.6 Å². The Labute approximate surface area is 144 Å². The van der Waals surface area contributed by atoms with E-state index in [0.717, 1.165) is 5.56 Å². The number of rotatable bonds is 4. The highest BCUT2D eigenvalue weighted by molar-refractivity contribution is 6.43. The molecule has 0 aromatic heterocycles. The van der Waals surface area contributed by atoms with E-state index in [2.05, 4.69) is 5.32 Å². The molecule has 0 aliphatic heterocycles. The number of halogens is 2. The van der Waals surface area contributed by atoms with Crippen molar-refractivity contribution in [3.8, 4) is 0 Å².